The highest BCUT2D eigenvalue weighted by Gasteiger charge is 2.18. The smallest absolute Gasteiger partial charge is 0.323 e. The van der Waals surface area contributed by atoms with Crippen molar-refractivity contribution in [2.24, 2.45) is 0 Å². The number of likely N-dealkylation sites (N-methyl/N-ethyl adjacent to an activating group) is 1. The van der Waals surface area contributed by atoms with Crippen LogP contribution in [0.2, 0.25) is 0 Å². The van der Waals surface area contributed by atoms with Crippen molar-refractivity contribution in [3.63, 3.8) is 0 Å². The molecule has 3 nitrogen and oxygen atoms in total. The highest BCUT2D eigenvalue weighted by molar-refractivity contribution is 7.99. The molecule has 0 fully saturated rings. The van der Waals surface area contributed by atoms with Gasteiger partial charge >= 0.3 is 5.97 Å². The van der Waals surface area contributed by atoms with Gasteiger partial charge in [-0.1, -0.05) is 6.92 Å². The first-order valence-corrected chi connectivity index (χ1v) is 7.54. The molecule has 0 bridgehead atoms. The molecule has 1 aromatic carbocycles. The van der Waals surface area contributed by atoms with Gasteiger partial charge in [0.2, 0.25) is 0 Å². The summed E-state index contributed by atoms with van der Waals surface area (Å²) in [5.41, 5.74) is 0. The van der Waals surface area contributed by atoms with Crippen LogP contribution < -0.4 is 5.32 Å². The van der Waals surface area contributed by atoms with E-state index in [1.807, 2.05) is 6.92 Å². The lowest BCUT2D eigenvalue weighted by molar-refractivity contribution is -0.145. The van der Waals surface area contributed by atoms with Crippen LogP contribution in [0.3, 0.4) is 0 Å². The summed E-state index contributed by atoms with van der Waals surface area (Å²) in [6.45, 7) is 4.68. The molecule has 0 saturated carbocycles. The number of hydrogen-bond acceptors (Lipinski definition) is 4. The van der Waals surface area contributed by atoms with Crippen molar-refractivity contribution in [3.8, 4) is 0 Å². The topological polar surface area (TPSA) is 38.3 Å². The zero-order valence-corrected chi connectivity index (χ0v) is 12.4. The van der Waals surface area contributed by atoms with Crippen molar-refractivity contribution < 1.29 is 18.3 Å². The van der Waals surface area contributed by atoms with Crippen molar-refractivity contribution in [3.05, 3.63) is 29.8 Å². The Kier molecular flexibility index (Phi) is 7.54. The van der Waals surface area contributed by atoms with Crippen LogP contribution in [0.15, 0.2) is 23.1 Å². The Hall–Kier alpha value is -1.14. The molecule has 112 valence electrons. The highest BCUT2D eigenvalue weighted by atomic mass is 32.2. The van der Waals surface area contributed by atoms with E-state index < -0.39 is 11.6 Å². The third kappa shape index (κ3) is 5.46. The Morgan fingerprint density at radius 2 is 2.10 bits per heavy atom. The van der Waals surface area contributed by atoms with Crippen LogP contribution >= 0.6 is 11.8 Å². The molecule has 0 heterocycles. The average molecular weight is 303 g/mol. The number of carbonyl (C=O) groups excluding carboxylic acids is 1. The first-order valence-electron chi connectivity index (χ1n) is 6.56. The van der Waals surface area contributed by atoms with E-state index in [1.54, 1.807) is 6.92 Å². The van der Waals surface area contributed by atoms with Crippen LogP contribution in [-0.4, -0.2) is 30.9 Å². The van der Waals surface area contributed by atoms with Gasteiger partial charge in [0.15, 0.2) is 11.6 Å². The highest BCUT2D eigenvalue weighted by Crippen LogP contribution is 2.21. The molecule has 1 aromatic rings. The summed E-state index contributed by atoms with van der Waals surface area (Å²) < 4.78 is 30.8. The largest absolute Gasteiger partial charge is 0.465 e. The maximum Gasteiger partial charge on any atom is 0.323 e. The number of benzene rings is 1. The fraction of sp³-hybridized carbons (Fsp3) is 0.500. The minimum atomic E-state index is -0.858. The molecule has 0 aliphatic carbocycles. The standard InChI is InChI=1S/C14H19F2NO2S/c1-3-17-13(14(18)19-4-2)7-8-20-10-5-6-11(15)12(16)9-10/h5-6,9,13,17H,3-4,7-8H2,1-2H3. The van der Waals surface area contributed by atoms with E-state index in [0.29, 0.717) is 30.2 Å². The molecular weight excluding hydrogens is 284 g/mol. The van der Waals surface area contributed by atoms with Gasteiger partial charge in [0, 0.05) is 10.6 Å². The molecule has 0 radical (unpaired) electrons. The third-order valence-electron chi connectivity index (χ3n) is 2.59. The van der Waals surface area contributed by atoms with Crippen molar-refractivity contribution in [2.45, 2.75) is 31.2 Å². The number of ether oxygens (including phenoxy) is 1. The number of rotatable bonds is 8. The normalized spacial score (nSPS) is 12.2. The lowest BCUT2D eigenvalue weighted by Gasteiger charge is -2.15. The van der Waals surface area contributed by atoms with Gasteiger partial charge in [-0.2, -0.15) is 0 Å². The Balaban J connectivity index is 2.47. The van der Waals surface area contributed by atoms with Crippen molar-refractivity contribution in [2.75, 3.05) is 18.9 Å². The first kappa shape index (κ1) is 16.9. The van der Waals surface area contributed by atoms with Crippen LogP contribution in [-0.2, 0) is 9.53 Å². The van der Waals surface area contributed by atoms with Gasteiger partial charge in [-0.3, -0.25) is 4.79 Å². The van der Waals surface area contributed by atoms with E-state index in [1.165, 1.54) is 17.8 Å². The SMILES string of the molecule is CCNC(CCSc1ccc(F)c(F)c1)C(=O)OCC. The molecule has 1 N–H and O–H groups in total. The second-order valence-corrected chi connectivity index (χ2v) is 5.24. The number of esters is 1. The Bertz CT molecular complexity index is 443. The fourth-order valence-electron chi connectivity index (χ4n) is 1.65. The van der Waals surface area contributed by atoms with E-state index in [4.69, 9.17) is 4.74 Å². The van der Waals surface area contributed by atoms with Gasteiger partial charge in [0.1, 0.15) is 6.04 Å². The van der Waals surface area contributed by atoms with Crippen LogP contribution in [0.5, 0.6) is 0 Å². The number of thioether (sulfide) groups is 1. The molecule has 0 aromatic heterocycles. The predicted molar refractivity (Wildman–Crippen MR) is 75.8 cm³/mol. The third-order valence-corrected chi connectivity index (χ3v) is 3.62. The van der Waals surface area contributed by atoms with Crippen LogP contribution in [0.25, 0.3) is 0 Å². The number of nitrogens with one attached hydrogen (secondary N) is 1. The first-order chi connectivity index (χ1) is 9.58. The van der Waals surface area contributed by atoms with Gasteiger partial charge < -0.3 is 10.1 Å². The maximum absolute atomic E-state index is 13.0. The van der Waals surface area contributed by atoms with Gasteiger partial charge in [0.05, 0.1) is 6.61 Å². The molecular formula is C14H19F2NO2S. The summed E-state index contributed by atoms with van der Waals surface area (Å²) in [5, 5.41) is 3.05. The fourth-order valence-corrected chi connectivity index (χ4v) is 2.59. The van der Waals surface area contributed by atoms with Gasteiger partial charge in [-0.05, 0) is 38.1 Å². The Labute approximate surface area is 122 Å². The second kappa shape index (κ2) is 8.92. The molecule has 1 unspecified atom stereocenters. The molecule has 1 atom stereocenters. The Morgan fingerprint density at radius 3 is 2.70 bits per heavy atom. The zero-order valence-electron chi connectivity index (χ0n) is 11.6. The van der Waals surface area contributed by atoms with Crippen molar-refractivity contribution >= 4 is 17.7 Å². The quantitative estimate of drug-likeness (QED) is 0.592. The van der Waals surface area contributed by atoms with E-state index in [2.05, 4.69) is 5.32 Å². The van der Waals surface area contributed by atoms with E-state index in [0.717, 1.165) is 12.1 Å². The van der Waals surface area contributed by atoms with Gasteiger partial charge in [0.25, 0.3) is 0 Å². The van der Waals surface area contributed by atoms with Gasteiger partial charge in [-0.15, -0.1) is 11.8 Å². The zero-order chi connectivity index (χ0) is 15.0. The van der Waals surface area contributed by atoms with E-state index >= 15 is 0 Å². The predicted octanol–water partition coefficient (Wildman–Crippen LogP) is 2.99. The lowest BCUT2D eigenvalue weighted by atomic mass is 10.2. The lowest BCUT2D eigenvalue weighted by Crippen LogP contribution is -2.38. The molecule has 6 heteroatoms. The van der Waals surface area contributed by atoms with Gasteiger partial charge in [-0.25, -0.2) is 8.78 Å². The second-order valence-electron chi connectivity index (χ2n) is 4.08. The summed E-state index contributed by atoms with van der Waals surface area (Å²) in [6.07, 6.45) is 0.566. The number of hydrogen-bond donors (Lipinski definition) is 1. The van der Waals surface area contributed by atoms with E-state index in [9.17, 15) is 13.6 Å². The van der Waals surface area contributed by atoms with Crippen molar-refractivity contribution in [1.82, 2.24) is 5.32 Å². The summed E-state index contributed by atoms with van der Waals surface area (Å²) in [4.78, 5) is 12.3. The molecule has 0 saturated heterocycles. The summed E-state index contributed by atoms with van der Waals surface area (Å²) in [5.74, 6) is -1.38. The molecule has 1 rings (SSSR count). The molecule has 0 spiro atoms. The van der Waals surface area contributed by atoms with E-state index in [-0.39, 0.29) is 12.0 Å². The molecule has 0 amide bonds. The number of carbonyl (C=O) groups is 1. The maximum atomic E-state index is 13.0. The van der Waals surface area contributed by atoms with Crippen molar-refractivity contribution in [1.29, 1.82) is 0 Å². The monoisotopic (exact) mass is 303 g/mol. The summed E-state index contributed by atoms with van der Waals surface area (Å²) in [6, 6.07) is 3.42. The van der Waals surface area contributed by atoms with Crippen LogP contribution in [0, 0.1) is 11.6 Å². The molecule has 20 heavy (non-hydrogen) atoms. The average Bonchev–Trinajstić information content (AvgIpc) is 2.42. The van der Waals surface area contributed by atoms with Crippen LogP contribution in [0.1, 0.15) is 20.3 Å². The molecule has 0 aliphatic heterocycles. The minimum Gasteiger partial charge on any atom is -0.465 e. The van der Waals surface area contributed by atoms with Crippen LogP contribution in [0.4, 0.5) is 8.78 Å². The number of halogens is 2. The molecule has 0 aliphatic rings. The Morgan fingerprint density at radius 1 is 1.35 bits per heavy atom. The summed E-state index contributed by atoms with van der Waals surface area (Å²) >= 11 is 1.38. The minimum absolute atomic E-state index is 0.278. The summed E-state index contributed by atoms with van der Waals surface area (Å²) in [7, 11) is 0.